The molecule has 2 rings (SSSR count). The first-order valence-electron chi connectivity index (χ1n) is 5.16. The molecule has 1 aliphatic carbocycles. The molecule has 0 heterocycles. The van der Waals surface area contributed by atoms with E-state index in [2.05, 4.69) is 44.2 Å². The molecule has 1 aromatic carbocycles. The summed E-state index contributed by atoms with van der Waals surface area (Å²) in [4.78, 5) is 0. The van der Waals surface area contributed by atoms with E-state index in [0.717, 1.165) is 6.42 Å². The molecule has 0 amide bonds. The number of hydrogen-bond acceptors (Lipinski definition) is 0. The molecule has 0 nitrogen and oxygen atoms in total. The zero-order chi connectivity index (χ0) is 9.26. The minimum absolute atomic E-state index is 0.668. The Hall–Kier alpha value is -1.04. The molecule has 0 saturated carbocycles. The molecule has 1 aromatic rings. The van der Waals surface area contributed by atoms with Gasteiger partial charge in [-0.1, -0.05) is 44.2 Å². The summed E-state index contributed by atoms with van der Waals surface area (Å²) in [6.07, 6.45) is 6.94. The first kappa shape index (κ1) is 8.55. The van der Waals surface area contributed by atoms with Gasteiger partial charge in [-0.2, -0.15) is 0 Å². The van der Waals surface area contributed by atoms with E-state index in [4.69, 9.17) is 0 Å². The summed E-state index contributed by atoms with van der Waals surface area (Å²) in [5.41, 5.74) is 4.39. The summed E-state index contributed by atoms with van der Waals surface area (Å²) in [6, 6.07) is 6.87. The average molecular weight is 172 g/mol. The molecule has 68 valence electrons. The van der Waals surface area contributed by atoms with Gasteiger partial charge in [0.2, 0.25) is 0 Å². The van der Waals surface area contributed by atoms with E-state index in [9.17, 15) is 0 Å². The SMILES string of the molecule is CCc1ccc2c(c1)C=CC2CC. The van der Waals surface area contributed by atoms with Gasteiger partial charge in [0.05, 0.1) is 0 Å². The van der Waals surface area contributed by atoms with Gasteiger partial charge in [-0.05, 0) is 29.5 Å². The van der Waals surface area contributed by atoms with Crippen molar-refractivity contribution in [2.24, 2.45) is 0 Å². The van der Waals surface area contributed by atoms with E-state index in [1.165, 1.54) is 23.1 Å². The third-order valence-electron chi connectivity index (χ3n) is 2.91. The molecule has 0 N–H and O–H groups in total. The Balaban J connectivity index is 2.40. The van der Waals surface area contributed by atoms with Crippen molar-refractivity contribution in [1.29, 1.82) is 0 Å². The minimum atomic E-state index is 0.668. The van der Waals surface area contributed by atoms with Crippen LogP contribution in [-0.2, 0) is 6.42 Å². The molecule has 1 atom stereocenters. The molecule has 0 heteroatoms. The van der Waals surface area contributed by atoms with E-state index in [-0.39, 0.29) is 0 Å². The Kier molecular flexibility index (Phi) is 2.22. The van der Waals surface area contributed by atoms with Crippen molar-refractivity contribution in [3.05, 3.63) is 41.0 Å². The highest BCUT2D eigenvalue weighted by atomic mass is 14.2. The summed E-state index contributed by atoms with van der Waals surface area (Å²) in [6.45, 7) is 4.45. The van der Waals surface area contributed by atoms with Crippen LogP contribution < -0.4 is 0 Å². The maximum absolute atomic E-state index is 2.32. The van der Waals surface area contributed by atoms with Gasteiger partial charge in [-0.15, -0.1) is 0 Å². The van der Waals surface area contributed by atoms with Gasteiger partial charge in [-0.25, -0.2) is 0 Å². The average Bonchev–Trinajstić information content (AvgIpc) is 2.59. The zero-order valence-electron chi connectivity index (χ0n) is 8.38. The van der Waals surface area contributed by atoms with E-state index >= 15 is 0 Å². The van der Waals surface area contributed by atoms with Crippen LogP contribution in [0.2, 0.25) is 0 Å². The lowest BCUT2D eigenvalue weighted by atomic mass is 9.96. The normalized spacial score (nSPS) is 19.1. The molecule has 0 saturated heterocycles. The standard InChI is InChI=1S/C13H16/c1-3-10-5-8-13-11(4-2)6-7-12(13)9-10/h5-9,11H,3-4H2,1-2H3. The number of rotatable bonds is 2. The van der Waals surface area contributed by atoms with Crippen LogP contribution in [0, 0.1) is 0 Å². The van der Waals surface area contributed by atoms with Crippen LogP contribution in [0.1, 0.15) is 42.9 Å². The van der Waals surface area contributed by atoms with Crippen molar-refractivity contribution >= 4 is 6.08 Å². The number of hydrogen-bond donors (Lipinski definition) is 0. The Morgan fingerprint density at radius 3 is 2.77 bits per heavy atom. The van der Waals surface area contributed by atoms with Crippen molar-refractivity contribution in [2.45, 2.75) is 32.6 Å². The molecular weight excluding hydrogens is 156 g/mol. The first-order chi connectivity index (χ1) is 6.35. The molecule has 0 aromatic heterocycles. The van der Waals surface area contributed by atoms with Gasteiger partial charge in [0.25, 0.3) is 0 Å². The smallest absolute Gasteiger partial charge is 0.00246 e. The quantitative estimate of drug-likeness (QED) is 0.637. The van der Waals surface area contributed by atoms with Gasteiger partial charge >= 0.3 is 0 Å². The monoisotopic (exact) mass is 172 g/mol. The predicted octanol–water partition coefficient (Wildman–Crippen LogP) is 3.77. The molecule has 0 aliphatic heterocycles. The van der Waals surface area contributed by atoms with Gasteiger partial charge in [0.1, 0.15) is 0 Å². The summed E-state index contributed by atoms with van der Waals surface area (Å²) < 4.78 is 0. The Morgan fingerprint density at radius 2 is 2.08 bits per heavy atom. The topological polar surface area (TPSA) is 0 Å². The lowest BCUT2D eigenvalue weighted by Crippen LogP contribution is -1.91. The lowest BCUT2D eigenvalue weighted by Gasteiger charge is -2.08. The van der Waals surface area contributed by atoms with Crippen LogP contribution in [-0.4, -0.2) is 0 Å². The first-order valence-corrected chi connectivity index (χ1v) is 5.16. The van der Waals surface area contributed by atoms with Gasteiger partial charge < -0.3 is 0 Å². The van der Waals surface area contributed by atoms with Crippen molar-refractivity contribution in [3.63, 3.8) is 0 Å². The van der Waals surface area contributed by atoms with E-state index < -0.39 is 0 Å². The molecule has 1 unspecified atom stereocenters. The van der Waals surface area contributed by atoms with Gasteiger partial charge in [0.15, 0.2) is 0 Å². The fourth-order valence-corrected chi connectivity index (χ4v) is 2.01. The number of benzene rings is 1. The summed E-state index contributed by atoms with van der Waals surface area (Å²) >= 11 is 0. The van der Waals surface area contributed by atoms with Crippen molar-refractivity contribution < 1.29 is 0 Å². The van der Waals surface area contributed by atoms with Crippen LogP contribution in [0.4, 0.5) is 0 Å². The second-order valence-corrected chi connectivity index (χ2v) is 3.69. The molecular formula is C13H16. The van der Waals surface area contributed by atoms with Crippen LogP contribution in [0.3, 0.4) is 0 Å². The molecule has 1 aliphatic rings. The third-order valence-corrected chi connectivity index (χ3v) is 2.91. The maximum atomic E-state index is 2.32. The highest BCUT2D eigenvalue weighted by Crippen LogP contribution is 2.32. The predicted molar refractivity (Wildman–Crippen MR) is 57.9 cm³/mol. The van der Waals surface area contributed by atoms with E-state index in [1.54, 1.807) is 0 Å². The highest BCUT2D eigenvalue weighted by molar-refractivity contribution is 5.63. The number of aryl methyl sites for hydroxylation is 1. The highest BCUT2D eigenvalue weighted by Gasteiger charge is 2.14. The lowest BCUT2D eigenvalue weighted by molar-refractivity contribution is 0.817. The Bertz CT molecular complexity index is 334. The van der Waals surface area contributed by atoms with Crippen LogP contribution in [0.15, 0.2) is 24.3 Å². The number of allylic oxidation sites excluding steroid dienone is 1. The van der Waals surface area contributed by atoms with E-state index in [1.807, 2.05) is 0 Å². The van der Waals surface area contributed by atoms with Crippen LogP contribution in [0.5, 0.6) is 0 Å². The second kappa shape index (κ2) is 3.37. The van der Waals surface area contributed by atoms with Crippen LogP contribution in [0.25, 0.3) is 6.08 Å². The summed E-state index contributed by atoms with van der Waals surface area (Å²) in [7, 11) is 0. The third kappa shape index (κ3) is 1.41. The maximum Gasteiger partial charge on any atom is 0.00246 e. The van der Waals surface area contributed by atoms with Crippen molar-refractivity contribution in [1.82, 2.24) is 0 Å². The fourth-order valence-electron chi connectivity index (χ4n) is 2.01. The van der Waals surface area contributed by atoms with Crippen molar-refractivity contribution in [2.75, 3.05) is 0 Å². The Labute approximate surface area is 80.3 Å². The summed E-state index contributed by atoms with van der Waals surface area (Å²) in [5, 5.41) is 0. The Morgan fingerprint density at radius 1 is 1.23 bits per heavy atom. The largest absolute Gasteiger partial charge is 0.0764 e. The van der Waals surface area contributed by atoms with Gasteiger partial charge in [0, 0.05) is 5.92 Å². The van der Waals surface area contributed by atoms with Crippen LogP contribution >= 0.6 is 0 Å². The van der Waals surface area contributed by atoms with E-state index in [0.29, 0.717) is 5.92 Å². The minimum Gasteiger partial charge on any atom is -0.0764 e. The molecule has 0 spiro atoms. The van der Waals surface area contributed by atoms with Gasteiger partial charge in [-0.3, -0.25) is 0 Å². The second-order valence-electron chi connectivity index (χ2n) is 3.69. The molecule has 13 heavy (non-hydrogen) atoms. The molecule has 0 fully saturated rings. The fraction of sp³-hybridized carbons (Fsp3) is 0.385. The molecule has 0 bridgehead atoms. The zero-order valence-corrected chi connectivity index (χ0v) is 8.38. The molecule has 0 radical (unpaired) electrons. The summed E-state index contributed by atoms with van der Waals surface area (Å²) in [5.74, 6) is 0.668. The van der Waals surface area contributed by atoms with Crippen molar-refractivity contribution in [3.8, 4) is 0 Å². The number of fused-ring (bicyclic) bond motifs is 1.